The highest BCUT2D eigenvalue weighted by atomic mass is 16.6. The summed E-state index contributed by atoms with van der Waals surface area (Å²) >= 11 is 0. The minimum Gasteiger partial charge on any atom is -0.293 e. The van der Waals surface area contributed by atoms with Crippen molar-refractivity contribution in [1.29, 1.82) is 0 Å². The Bertz CT molecular complexity index is 1270. The molecule has 1 N–H and O–H groups in total. The van der Waals surface area contributed by atoms with Gasteiger partial charge in [-0.1, -0.05) is 18.2 Å². The highest BCUT2D eigenvalue weighted by molar-refractivity contribution is 5.89. The maximum absolute atomic E-state index is 12.3. The molecule has 0 unspecified atom stereocenters. The van der Waals surface area contributed by atoms with Gasteiger partial charge in [0.15, 0.2) is 5.82 Å². The molecule has 0 radical (unpaired) electrons. The van der Waals surface area contributed by atoms with E-state index in [0.29, 0.717) is 10.9 Å². The largest absolute Gasteiger partial charge is 0.349 e. The van der Waals surface area contributed by atoms with Crippen molar-refractivity contribution in [2.24, 2.45) is 0 Å². The van der Waals surface area contributed by atoms with Crippen LogP contribution in [-0.2, 0) is 0 Å². The summed E-state index contributed by atoms with van der Waals surface area (Å²) in [4.78, 5) is 40.8. The number of aromatic nitrogens is 3. The van der Waals surface area contributed by atoms with Gasteiger partial charge >= 0.3 is 5.69 Å². The van der Waals surface area contributed by atoms with Crippen LogP contribution in [0.15, 0.2) is 58.1 Å². The van der Waals surface area contributed by atoms with Gasteiger partial charge < -0.3 is 0 Å². The summed E-state index contributed by atoms with van der Waals surface area (Å²) in [5.74, 6) is 0.203. The van der Waals surface area contributed by atoms with Crippen molar-refractivity contribution in [2.75, 3.05) is 0 Å². The van der Waals surface area contributed by atoms with E-state index in [1.807, 2.05) is 31.2 Å². The van der Waals surface area contributed by atoms with Gasteiger partial charge in [-0.15, -0.1) is 0 Å². The number of nitrogens with one attached hydrogen (secondary N) is 1. The number of pyridine rings is 1. The van der Waals surface area contributed by atoms with E-state index in [4.69, 9.17) is 0 Å². The first-order valence-corrected chi connectivity index (χ1v) is 7.76. The summed E-state index contributed by atoms with van der Waals surface area (Å²) in [6, 6.07) is 13.3. The number of para-hydroxylation sites is 1. The first kappa shape index (κ1) is 15.7. The fraction of sp³-hybridized carbons (Fsp3) is 0.0556. The van der Waals surface area contributed by atoms with Crippen molar-refractivity contribution in [3.05, 3.63) is 85.0 Å². The van der Waals surface area contributed by atoms with Crippen LogP contribution in [0.1, 0.15) is 5.56 Å². The van der Waals surface area contributed by atoms with Crippen LogP contribution in [0.25, 0.3) is 28.0 Å². The monoisotopic (exact) mass is 348 g/mol. The van der Waals surface area contributed by atoms with Gasteiger partial charge in [0.05, 0.1) is 21.7 Å². The van der Waals surface area contributed by atoms with Gasteiger partial charge in [-0.3, -0.25) is 24.5 Å². The minimum atomic E-state index is -0.744. The van der Waals surface area contributed by atoms with Crippen LogP contribution < -0.4 is 11.2 Å². The lowest BCUT2D eigenvalue weighted by Gasteiger charge is -2.19. The molecule has 0 aromatic heterocycles. The average molecular weight is 348 g/mol. The first-order chi connectivity index (χ1) is 12.5. The molecule has 4 rings (SSSR count). The third-order valence-electron chi connectivity index (χ3n) is 4.24. The van der Waals surface area contributed by atoms with Gasteiger partial charge in [0.1, 0.15) is 0 Å². The first-order valence-electron chi connectivity index (χ1n) is 7.76. The Kier molecular flexibility index (Phi) is 3.40. The number of nitro groups is 1. The molecule has 0 atom stereocenters. The molecule has 2 aliphatic rings. The van der Waals surface area contributed by atoms with Crippen molar-refractivity contribution in [3.8, 4) is 17.1 Å². The van der Waals surface area contributed by atoms with E-state index in [-0.39, 0.29) is 17.1 Å². The molecular weight excluding hydrogens is 336 g/mol. The summed E-state index contributed by atoms with van der Waals surface area (Å²) in [6.45, 7) is 1.89. The van der Waals surface area contributed by atoms with Crippen molar-refractivity contribution in [1.82, 2.24) is 14.5 Å². The summed E-state index contributed by atoms with van der Waals surface area (Å²) in [6.07, 6.45) is 0. The molecule has 0 aliphatic carbocycles. The molecule has 2 aliphatic heterocycles. The highest BCUT2D eigenvalue weighted by Gasteiger charge is 2.20. The Hall–Kier alpha value is -3.81. The number of nitro benzene ring substituents is 1. The van der Waals surface area contributed by atoms with E-state index in [0.717, 1.165) is 11.3 Å². The molecular formula is C18H12N4O4. The molecule has 2 heterocycles. The normalized spacial score (nSPS) is 11.1. The zero-order valence-corrected chi connectivity index (χ0v) is 13.6. The molecule has 0 saturated carbocycles. The van der Waals surface area contributed by atoms with Crippen LogP contribution in [0, 0.1) is 17.0 Å². The molecule has 26 heavy (non-hydrogen) atoms. The average Bonchev–Trinajstić information content (AvgIpc) is 2.60. The number of hydrogen-bond donors (Lipinski definition) is 1. The van der Waals surface area contributed by atoms with Crippen LogP contribution in [0.5, 0.6) is 0 Å². The Labute approximate surface area is 145 Å². The van der Waals surface area contributed by atoms with Crippen molar-refractivity contribution in [3.63, 3.8) is 0 Å². The fourth-order valence-electron chi connectivity index (χ4n) is 3.05. The van der Waals surface area contributed by atoms with Crippen LogP contribution >= 0.6 is 0 Å². The molecule has 0 saturated heterocycles. The molecule has 8 heteroatoms. The van der Waals surface area contributed by atoms with E-state index < -0.39 is 16.2 Å². The second-order valence-electron chi connectivity index (χ2n) is 5.87. The third-order valence-corrected chi connectivity index (χ3v) is 4.24. The van der Waals surface area contributed by atoms with Crippen molar-refractivity contribution >= 4 is 16.6 Å². The predicted molar refractivity (Wildman–Crippen MR) is 96.0 cm³/mol. The predicted octanol–water partition coefficient (Wildman–Crippen LogP) is 2.40. The number of aromatic amines is 1. The van der Waals surface area contributed by atoms with E-state index in [1.54, 1.807) is 10.6 Å². The molecule has 128 valence electrons. The smallest absolute Gasteiger partial charge is 0.293 e. The van der Waals surface area contributed by atoms with Crippen LogP contribution in [0.4, 0.5) is 5.69 Å². The summed E-state index contributed by atoms with van der Waals surface area (Å²) in [5.41, 5.74) is 1.00. The Morgan fingerprint density at radius 2 is 1.88 bits per heavy atom. The zero-order chi connectivity index (χ0) is 18.4. The van der Waals surface area contributed by atoms with Crippen LogP contribution in [-0.4, -0.2) is 19.5 Å². The second-order valence-corrected chi connectivity index (χ2v) is 5.87. The van der Waals surface area contributed by atoms with E-state index in [2.05, 4.69) is 9.97 Å². The number of rotatable bonds is 2. The Morgan fingerprint density at radius 3 is 2.62 bits per heavy atom. The maximum atomic E-state index is 12.3. The third kappa shape index (κ3) is 2.35. The van der Waals surface area contributed by atoms with Gasteiger partial charge in [-0.2, -0.15) is 4.98 Å². The summed E-state index contributed by atoms with van der Waals surface area (Å²) < 4.78 is 1.68. The zero-order valence-electron chi connectivity index (χ0n) is 13.6. The van der Waals surface area contributed by atoms with Gasteiger partial charge in [0, 0.05) is 17.5 Å². The topological polar surface area (TPSA) is 111 Å². The molecule has 0 fully saturated rings. The van der Waals surface area contributed by atoms with Crippen molar-refractivity contribution in [2.45, 2.75) is 6.92 Å². The standard InChI is InChI=1S/C18H12N4O4/c1-10-4-2-3-5-14(10)21-15-7-6-12(22(25)26)8-11(15)9-13-16(21)19-18(24)20-17(13)23/h2-9H,1H3,(H,20,23,24). The number of nitrogens with zero attached hydrogens (tertiary/aromatic N) is 3. The Morgan fingerprint density at radius 1 is 1.12 bits per heavy atom. The Balaban J connectivity index is 2.25. The summed E-state index contributed by atoms with van der Waals surface area (Å²) in [5, 5.41) is 11.6. The number of aryl methyl sites for hydroxylation is 1. The molecule has 0 bridgehead atoms. The van der Waals surface area contributed by atoms with Gasteiger partial charge in [0.25, 0.3) is 11.2 Å². The molecule has 2 aromatic carbocycles. The van der Waals surface area contributed by atoms with Gasteiger partial charge in [-0.05, 0) is 30.7 Å². The van der Waals surface area contributed by atoms with Gasteiger partial charge in [-0.25, -0.2) is 4.79 Å². The van der Waals surface area contributed by atoms with Crippen molar-refractivity contribution < 1.29 is 4.92 Å². The highest BCUT2D eigenvalue weighted by Crippen LogP contribution is 2.30. The van der Waals surface area contributed by atoms with E-state index in [1.165, 1.54) is 18.2 Å². The van der Waals surface area contributed by atoms with Crippen LogP contribution in [0.3, 0.4) is 0 Å². The van der Waals surface area contributed by atoms with E-state index in [9.17, 15) is 19.7 Å². The fourth-order valence-corrected chi connectivity index (χ4v) is 3.05. The minimum absolute atomic E-state index is 0.0852. The van der Waals surface area contributed by atoms with Gasteiger partial charge in [0.2, 0.25) is 0 Å². The molecule has 0 amide bonds. The SMILES string of the molecule is Cc1ccccc1-n1c2nc(=O)[nH]c(=O)c-2cc2cc([N+](=O)[O-])ccc21. The number of hydrogen-bond acceptors (Lipinski definition) is 5. The number of fused-ring (bicyclic) bond motifs is 2. The number of non-ortho nitro benzene ring substituents is 1. The maximum Gasteiger partial charge on any atom is 0.349 e. The lowest BCUT2D eigenvalue weighted by Crippen LogP contribution is -2.27. The lowest BCUT2D eigenvalue weighted by atomic mass is 10.1. The number of H-pyrrole nitrogens is 1. The van der Waals surface area contributed by atoms with Crippen LogP contribution in [0.2, 0.25) is 0 Å². The second kappa shape index (κ2) is 5.62. The number of benzene rings is 2. The molecule has 2 aromatic rings. The quantitative estimate of drug-likeness (QED) is 0.340. The van der Waals surface area contributed by atoms with E-state index >= 15 is 0 Å². The lowest BCUT2D eigenvalue weighted by molar-refractivity contribution is -0.384. The molecule has 8 nitrogen and oxygen atoms in total. The molecule has 0 spiro atoms. The summed E-state index contributed by atoms with van der Waals surface area (Å²) in [7, 11) is 0.